The Bertz CT molecular complexity index is 797. The molecule has 2 saturated heterocycles. The summed E-state index contributed by atoms with van der Waals surface area (Å²) in [5.41, 5.74) is 7.82. The number of likely N-dealkylation sites (tertiary alicyclic amines) is 1. The molecule has 8 nitrogen and oxygen atoms in total. The third kappa shape index (κ3) is 4.56. The first-order valence-electron chi connectivity index (χ1n) is 8.78. The molecule has 0 aromatic carbocycles. The Balaban J connectivity index is 0.000000197. The number of fused-ring (bicyclic) bond motifs is 1. The summed E-state index contributed by atoms with van der Waals surface area (Å²) >= 11 is 1.51. The highest BCUT2D eigenvalue weighted by Gasteiger charge is 2.25. The number of amides is 1. The lowest BCUT2D eigenvalue weighted by Gasteiger charge is -2.22. The fourth-order valence-electron chi connectivity index (χ4n) is 3.27. The zero-order chi connectivity index (χ0) is 19.4. The summed E-state index contributed by atoms with van der Waals surface area (Å²) in [7, 11) is 1.60. The molecule has 1 amide bonds. The highest BCUT2D eigenvalue weighted by Crippen LogP contribution is 2.38. The fourth-order valence-corrected chi connectivity index (χ4v) is 4.18. The summed E-state index contributed by atoms with van der Waals surface area (Å²) in [4.78, 5) is 19.9. The van der Waals surface area contributed by atoms with Crippen molar-refractivity contribution in [3.05, 3.63) is 11.8 Å². The number of pyridine rings is 1. The molecule has 0 radical (unpaired) electrons. The smallest absolute Gasteiger partial charge is 0.407 e. The van der Waals surface area contributed by atoms with Crippen molar-refractivity contribution in [3.63, 3.8) is 0 Å². The van der Waals surface area contributed by atoms with Gasteiger partial charge in [0.1, 0.15) is 11.7 Å². The molecule has 0 spiro atoms. The molecule has 0 aliphatic carbocycles. The number of halogens is 1. The van der Waals surface area contributed by atoms with Crippen LogP contribution in [0.15, 0.2) is 6.20 Å². The summed E-state index contributed by atoms with van der Waals surface area (Å²) in [6.07, 6.45) is 2.35. The summed E-state index contributed by atoms with van der Waals surface area (Å²) in [6, 6.07) is 0. The molecular weight excluding hydrogens is 375 g/mol. The molecule has 2 aliphatic heterocycles. The number of nitrogens with zero attached hydrogens (tertiary/aromatic N) is 3. The van der Waals surface area contributed by atoms with Crippen LogP contribution in [-0.2, 0) is 4.74 Å². The van der Waals surface area contributed by atoms with Crippen molar-refractivity contribution in [2.45, 2.75) is 31.4 Å². The normalized spacial score (nSPS) is 20.4. The van der Waals surface area contributed by atoms with E-state index in [1.807, 2.05) is 6.20 Å². The lowest BCUT2D eigenvalue weighted by molar-refractivity contribution is 0.0855. The molecule has 27 heavy (non-hydrogen) atoms. The Morgan fingerprint density at radius 1 is 1.44 bits per heavy atom. The molecule has 2 fully saturated rings. The average molecular weight is 398 g/mol. The Morgan fingerprint density at radius 2 is 2.19 bits per heavy atom. The van der Waals surface area contributed by atoms with Gasteiger partial charge in [-0.05, 0) is 30.7 Å². The van der Waals surface area contributed by atoms with Gasteiger partial charge in [0.25, 0.3) is 0 Å². The molecule has 2 aliphatic rings. The van der Waals surface area contributed by atoms with Crippen molar-refractivity contribution in [2.24, 2.45) is 0 Å². The van der Waals surface area contributed by atoms with E-state index >= 15 is 0 Å². The van der Waals surface area contributed by atoms with Gasteiger partial charge in [-0.1, -0.05) is 11.3 Å². The topological polar surface area (TPSA) is 111 Å². The molecule has 10 heteroatoms. The summed E-state index contributed by atoms with van der Waals surface area (Å²) in [5.74, 6) is 1.04. The van der Waals surface area contributed by atoms with E-state index in [0.29, 0.717) is 29.9 Å². The Morgan fingerprint density at radius 3 is 2.74 bits per heavy atom. The molecule has 0 bridgehead atoms. The number of thiazole rings is 1. The number of ether oxygens (including phenoxy) is 2. The van der Waals surface area contributed by atoms with Crippen molar-refractivity contribution in [3.8, 4) is 5.88 Å². The zero-order valence-electron chi connectivity index (χ0n) is 15.1. The van der Waals surface area contributed by atoms with E-state index in [-0.39, 0.29) is 6.54 Å². The number of rotatable bonds is 2. The molecule has 0 saturated carbocycles. The summed E-state index contributed by atoms with van der Waals surface area (Å²) < 4.78 is 24.0. The van der Waals surface area contributed by atoms with Crippen molar-refractivity contribution in [1.82, 2.24) is 14.9 Å². The molecule has 2 aromatic rings. The second-order valence-corrected chi connectivity index (χ2v) is 7.48. The second kappa shape index (κ2) is 8.66. The van der Waals surface area contributed by atoms with E-state index in [1.54, 1.807) is 7.11 Å². The van der Waals surface area contributed by atoms with Crippen LogP contribution >= 0.6 is 11.3 Å². The van der Waals surface area contributed by atoms with E-state index in [1.165, 1.54) is 16.9 Å². The van der Waals surface area contributed by atoms with Gasteiger partial charge in [0.2, 0.25) is 5.88 Å². The molecular formula is C17H23FN4O4S. The maximum Gasteiger partial charge on any atom is 0.407 e. The Hall–Kier alpha value is -2.20. The van der Waals surface area contributed by atoms with Crippen molar-refractivity contribution >= 4 is 32.8 Å². The van der Waals surface area contributed by atoms with Crippen LogP contribution in [0.2, 0.25) is 0 Å². The van der Waals surface area contributed by atoms with Gasteiger partial charge in [0, 0.05) is 26.0 Å². The monoisotopic (exact) mass is 398 g/mol. The Labute approximate surface area is 160 Å². The summed E-state index contributed by atoms with van der Waals surface area (Å²) in [6.45, 7) is 2.02. The average Bonchev–Trinajstić information content (AvgIpc) is 3.27. The van der Waals surface area contributed by atoms with Crippen LogP contribution in [0.3, 0.4) is 0 Å². The first-order chi connectivity index (χ1) is 13.0. The van der Waals surface area contributed by atoms with Crippen LogP contribution in [0.25, 0.3) is 10.2 Å². The lowest BCUT2D eigenvalue weighted by Crippen LogP contribution is -2.26. The quantitative estimate of drug-likeness (QED) is 0.800. The second-order valence-electron chi connectivity index (χ2n) is 6.45. The minimum absolute atomic E-state index is 0.0509. The van der Waals surface area contributed by atoms with Gasteiger partial charge in [0.15, 0.2) is 5.13 Å². The van der Waals surface area contributed by atoms with Gasteiger partial charge in [-0.15, -0.1) is 0 Å². The van der Waals surface area contributed by atoms with E-state index in [9.17, 15) is 9.18 Å². The number of methoxy groups -OCH3 is 1. The number of aromatic nitrogens is 2. The fraction of sp³-hybridized carbons (Fsp3) is 0.588. The highest BCUT2D eigenvalue weighted by atomic mass is 32.1. The van der Waals surface area contributed by atoms with Crippen molar-refractivity contribution in [1.29, 1.82) is 0 Å². The first kappa shape index (κ1) is 19.6. The van der Waals surface area contributed by atoms with Crippen LogP contribution < -0.4 is 10.5 Å². The SMILES string of the molecule is COc1ncc(C2CCOCC2)c2sc(N)nc12.O=C(O)N1CC[C@H](F)C1. The number of nitrogens with two attached hydrogens (primary N) is 1. The Kier molecular flexibility index (Phi) is 6.27. The zero-order valence-corrected chi connectivity index (χ0v) is 15.9. The molecule has 4 rings (SSSR count). The number of alkyl halides is 1. The molecule has 148 valence electrons. The third-order valence-corrected chi connectivity index (χ3v) is 5.62. The number of anilines is 1. The van der Waals surface area contributed by atoms with Gasteiger partial charge >= 0.3 is 6.09 Å². The third-order valence-electron chi connectivity index (χ3n) is 4.69. The predicted molar refractivity (Wildman–Crippen MR) is 100 cm³/mol. The number of carboxylic acid groups (broad SMARTS) is 1. The van der Waals surface area contributed by atoms with E-state index in [0.717, 1.165) is 41.2 Å². The van der Waals surface area contributed by atoms with E-state index < -0.39 is 12.3 Å². The van der Waals surface area contributed by atoms with Crippen LogP contribution in [0, 0.1) is 0 Å². The molecule has 1 atom stereocenters. The van der Waals surface area contributed by atoms with Crippen molar-refractivity contribution in [2.75, 3.05) is 39.1 Å². The van der Waals surface area contributed by atoms with E-state index in [4.69, 9.17) is 20.3 Å². The number of hydrogen-bond donors (Lipinski definition) is 2. The lowest BCUT2D eigenvalue weighted by atomic mass is 9.93. The predicted octanol–water partition coefficient (Wildman–Crippen LogP) is 2.88. The van der Waals surface area contributed by atoms with Crippen LogP contribution in [0.1, 0.15) is 30.7 Å². The highest BCUT2D eigenvalue weighted by molar-refractivity contribution is 7.22. The van der Waals surface area contributed by atoms with Gasteiger partial charge in [-0.3, -0.25) is 0 Å². The van der Waals surface area contributed by atoms with Crippen molar-refractivity contribution < 1.29 is 23.8 Å². The number of carbonyl (C=O) groups is 1. The minimum Gasteiger partial charge on any atom is -0.479 e. The first-order valence-corrected chi connectivity index (χ1v) is 9.59. The van der Waals surface area contributed by atoms with Gasteiger partial charge < -0.3 is 25.2 Å². The minimum atomic E-state index is -1.02. The summed E-state index contributed by atoms with van der Waals surface area (Å²) in [5, 5.41) is 8.85. The van der Waals surface area contributed by atoms with Crippen LogP contribution in [0.5, 0.6) is 5.88 Å². The maximum absolute atomic E-state index is 12.2. The van der Waals surface area contributed by atoms with Crippen LogP contribution in [-0.4, -0.2) is 65.7 Å². The van der Waals surface area contributed by atoms with Gasteiger partial charge in [-0.25, -0.2) is 19.2 Å². The molecule has 3 N–H and O–H groups in total. The number of nitrogen functional groups attached to an aromatic ring is 1. The van der Waals surface area contributed by atoms with Gasteiger partial charge in [-0.2, -0.15) is 0 Å². The van der Waals surface area contributed by atoms with Gasteiger partial charge in [0.05, 0.1) is 18.4 Å². The maximum atomic E-state index is 12.2. The number of hydrogen-bond acceptors (Lipinski definition) is 7. The molecule has 2 aromatic heterocycles. The van der Waals surface area contributed by atoms with E-state index in [2.05, 4.69) is 9.97 Å². The molecule has 0 unspecified atom stereocenters. The van der Waals surface area contributed by atoms with Crippen LogP contribution in [0.4, 0.5) is 14.3 Å². The standard InChI is InChI=1S/C12H15N3O2S.C5H8FNO2/c1-16-11-9-10(18-12(13)15-9)8(6-14-11)7-2-4-17-5-3-7;6-4-1-2-7(3-4)5(8)9/h6-7H,2-5H2,1H3,(H2,13,15);4H,1-3H2,(H,8,9)/t;4-/m.0/s1. The largest absolute Gasteiger partial charge is 0.479 e. The molecule has 4 heterocycles.